The maximum absolute atomic E-state index is 12.6. The van der Waals surface area contributed by atoms with Gasteiger partial charge in [-0.3, -0.25) is 9.69 Å². The molecule has 10 heteroatoms. The van der Waals surface area contributed by atoms with E-state index in [0.717, 1.165) is 52.1 Å². The van der Waals surface area contributed by atoms with E-state index in [-0.39, 0.29) is 30.9 Å². The van der Waals surface area contributed by atoms with Gasteiger partial charge in [0.05, 0.1) is 6.54 Å². The second-order valence-electron chi connectivity index (χ2n) is 7.67. The van der Waals surface area contributed by atoms with Crippen LogP contribution in [0.5, 0.6) is 0 Å². The Morgan fingerprint density at radius 1 is 1.24 bits per heavy atom. The van der Waals surface area contributed by atoms with Crippen molar-refractivity contribution in [3.63, 3.8) is 0 Å². The van der Waals surface area contributed by atoms with E-state index in [4.69, 9.17) is 9.26 Å². The molecule has 2 saturated heterocycles. The van der Waals surface area contributed by atoms with Crippen LogP contribution < -0.4 is 5.32 Å². The van der Waals surface area contributed by atoms with Gasteiger partial charge in [0, 0.05) is 39.7 Å². The van der Waals surface area contributed by atoms with Crippen LogP contribution in [0.2, 0.25) is 0 Å². The maximum Gasteiger partial charge on any atom is 0.240 e. The van der Waals surface area contributed by atoms with Crippen molar-refractivity contribution in [2.45, 2.75) is 51.7 Å². The van der Waals surface area contributed by atoms with E-state index in [1.807, 2.05) is 11.8 Å². The quantitative estimate of drug-likeness (QED) is 0.680. The molecule has 1 aromatic heterocycles. The summed E-state index contributed by atoms with van der Waals surface area (Å²) in [7, 11) is 1.63. The third-order valence-corrected chi connectivity index (χ3v) is 5.73. The van der Waals surface area contributed by atoms with Gasteiger partial charge in [-0.15, -0.1) is 24.8 Å². The second-order valence-corrected chi connectivity index (χ2v) is 7.67. The molecule has 0 saturated carbocycles. The normalized spacial score (nSPS) is 19.7. The second kappa shape index (κ2) is 13.4. The van der Waals surface area contributed by atoms with Crippen LogP contribution in [0.25, 0.3) is 0 Å². The number of piperidine rings is 1. The zero-order valence-electron chi connectivity index (χ0n) is 17.5. The van der Waals surface area contributed by atoms with Gasteiger partial charge in [0.25, 0.3) is 0 Å². The molecule has 1 unspecified atom stereocenters. The van der Waals surface area contributed by atoms with Crippen LogP contribution in [-0.2, 0) is 16.1 Å². The third-order valence-electron chi connectivity index (χ3n) is 5.73. The lowest BCUT2D eigenvalue weighted by Crippen LogP contribution is -2.35. The Hall–Kier alpha value is -0.930. The van der Waals surface area contributed by atoms with Gasteiger partial charge in [-0.1, -0.05) is 5.16 Å². The molecule has 29 heavy (non-hydrogen) atoms. The number of aromatic nitrogens is 2. The SMILES string of the molecule is COC(C)c1noc(CN2CCCN(C(=O)CCC3CCNCC3)CC2)n1.Cl.Cl. The Bertz CT molecular complexity index is 598. The first-order valence-electron chi connectivity index (χ1n) is 10.2. The summed E-state index contributed by atoms with van der Waals surface area (Å²) in [6, 6.07) is 0. The molecule has 0 aromatic carbocycles. The van der Waals surface area contributed by atoms with Crippen molar-refractivity contribution < 1.29 is 14.1 Å². The molecule has 8 nitrogen and oxygen atoms in total. The van der Waals surface area contributed by atoms with Crippen molar-refractivity contribution in [3.8, 4) is 0 Å². The maximum atomic E-state index is 12.6. The molecule has 3 rings (SSSR count). The van der Waals surface area contributed by atoms with E-state index in [1.165, 1.54) is 12.8 Å². The highest BCUT2D eigenvalue weighted by Gasteiger charge is 2.22. The molecule has 2 fully saturated rings. The lowest BCUT2D eigenvalue weighted by molar-refractivity contribution is -0.131. The van der Waals surface area contributed by atoms with Crippen molar-refractivity contribution in [1.29, 1.82) is 0 Å². The lowest BCUT2D eigenvalue weighted by atomic mass is 9.93. The van der Waals surface area contributed by atoms with Crippen LogP contribution in [0, 0.1) is 5.92 Å². The van der Waals surface area contributed by atoms with E-state index >= 15 is 0 Å². The molecular formula is C19H35Cl2N5O3. The van der Waals surface area contributed by atoms with Crippen LogP contribution in [-0.4, -0.2) is 72.2 Å². The molecule has 0 radical (unpaired) electrons. The molecule has 3 heterocycles. The summed E-state index contributed by atoms with van der Waals surface area (Å²) >= 11 is 0. The molecule has 168 valence electrons. The first-order valence-corrected chi connectivity index (χ1v) is 10.2. The minimum absolute atomic E-state index is 0. The summed E-state index contributed by atoms with van der Waals surface area (Å²) in [6.07, 6.45) is 4.94. The number of nitrogens with one attached hydrogen (secondary N) is 1. The molecule has 1 aromatic rings. The number of halogens is 2. The minimum atomic E-state index is -0.167. The molecule has 0 spiro atoms. The van der Waals surface area contributed by atoms with Crippen LogP contribution >= 0.6 is 24.8 Å². The summed E-state index contributed by atoms with van der Waals surface area (Å²) in [6.45, 7) is 8.12. The van der Waals surface area contributed by atoms with Crippen LogP contribution in [0.4, 0.5) is 0 Å². The van der Waals surface area contributed by atoms with E-state index in [2.05, 4.69) is 20.4 Å². The number of ether oxygens (including phenoxy) is 1. The number of hydrogen-bond acceptors (Lipinski definition) is 7. The molecule has 1 N–H and O–H groups in total. The summed E-state index contributed by atoms with van der Waals surface area (Å²) < 4.78 is 10.6. The van der Waals surface area contributed by atoms with Gasteiger partial charge in [0.15, 0.2) is 5.82 Å². The summed E-state index contributed by atoms with van der Waals surface area (Å²) in [5.41, 5.74) is 0. The monoisotopic (exact) mass is 451 g/mol. The number of nitrogens with zero attached hydrogens (tertiary/aromatic N) is 4. The van der Waals surface area contributed by atoms with Crippen molar-refractivity contribution in [3.05, 3.63) is 11.7 Å². The zero-order chi connectivity index (χ0) is 19.1. The fourth-order valence-electron chi connectivity index (χ4n) is 3.83. The molecule has 0 bridgehead atoms. The van der Waals surface area contributed by atoms with Gasteiger partial charge in [0.1, 0.15) is 6.10 Å². The first-order chi connectivity index (χ1) is 13.2. The molecule has 1 amide bonds. The van der Waals surface area contributed by atoms with Gasteiger partial charge in [-0.05, 0) is 51.6 Å². The summed E-state index contributed by atoms with van der Waals surface area (Å²) in [5.74, 6) is 2.21. The van der Waals surface area contributed by atoms with Crippen LogP contribution in [0.1, 0.15) is 56.8 Å². The van der Waals surface area contributed by atoms with E-state index in [1.54, 1.807) is 7.11 Å². The van der Waals surface area contributed by atoms with Crippen LogP contribution in [0.3, 0.4) is 0 Å². The molecular weight excluding hydrogens is 417 g/mol. The standard InChI is InChI=1S/C19H33N5O3.2ClH/c1-15(26-2)19-21-17(27-22-19)14-23-10-3-11-24(13-12-23)18(25)5-4-16-6-8-20-9-7-16;;/h15-16,20H,3-14H2,1-2H3;2*1H. The van der Waals surface area contributed by atoms with Crippen molar-refractivity contribution in [2.24, 2.45) is 5.92 Å². The minimum Gasteiger partial charge on any atom is -0.374 e. The fourth-order valence-corrected chi connectivity index (χ4v) is 3.83. The largest absolute Gasteiger partial charge is 0.374 e. The third kappa shape index (κ3) is 8.02. The van der Waals surface area contributed by atoms with Gasteiger partial charge in [0.2, 0.25) is 11.8 Å². The lowest BCUT2D eigenvalue weighted by Gasteiger charge is -2.25. The average Bonchev–Trinajstić information content (AvgIpc) is 3.04. The van der Waals surface area contributed by atoms with Crippen molar-refractivity contribution >= 4 is 30.7 Å². The number of methoxy groups -OCH3 is 1. The number of hydrogen-bond donors (Lipinski definition) is 1. The Morgan fingerprint density at radius 2 is 2.00 bits per heavy atom. The topological polar surface area (TPSA) is 83.7 Å². The fraction of sp³-hybridized carbons (Fsp3) is 0.842. The van der Waals surface area contributed by atoms with E-state index < -0.39 is 0 Å². The Balaban J connectivity index is 0.00000210. The predicted molar refractivity (Wildman–Crippen MR) is 116 cm³/mol. The van der Waals surface area contributed by atoms with Gasteiger partial charge in [-0.25, -0.2) is 0 Å². The predicted octanol–water partition coefficient (Wildman–Crippen LogP) is 2.43. The number of rotatable bonds is 7. The van der Waals surface area contributed by atoms with Crippen molar-refractivity contribution in [1.82, 2.24) is 25.3 Å². The average molecular weight is 452 g/mol. The Morgan fingerprint density at radius 3 is 2.72 bits per heavy atom. The Labute approximate surface area is 185 Å². The summed E-state index contributed by atoms with van der Waals surface area (Å²) in [5, 5.41) is 7.37. The number of carbonyl (C=O) groups excluding carboxylic acids is 1. The van der Waals surface area contributed by atoms with Gasteiger partial charge >= 0.3 is 0 Å². The molecule has 1 atom stereocenters. The van der Waals surface area contributed by atoms with E-state index in [0.29, 0.717) is 36.5 Å². The summed E-state index contributed by atoms with van der Waals surface area (Å²) in [4.78, 5) is 21.3. The van der Waals surface area contributed by atoms with Crippen molar-refractivity contribution in [2.75, 3.05) is 46.4 Å². The highest BCUT2D eigenvalue weighted by atomic mass is 35.5. The smallest absolute Gasteiger partial charge is 0.240 e. The number of amides is 1. The molecule has 2 aliphatic rings. The van der Waals surface area contributed by atoms with Gasteiger partial charge < -0.3 is 19.5 Å². The molecule has 0 aliphatic carbocycles. The number of carbonyl (C=O) groups is 1. The Kier molecular flexibility index (Phi) is 12.1. The zero-order valence-corrected chi connectivity index (χ0v) is 19.1. The molecule has 2 aliphatic heterocycles. The highest BCUT2D eigenvalue weighted by molar-refractivity contribution is 5.85. The first kappa shape index (κ1) is 26.1. The van der Waals surface area contributed by atoms with Gasteiger partial charge in [-0.2, -0.15) is 4.98 Å². The van der Waals surface area contributed by atoms with Crippen LogP contribution in [0.15, 0.2) is 4.52 Å². The van der Waals surface area contributed by atoms with E-state index in [9.17, 15) is 4.79 Å². The highest BCUT2D eigenvalue weighted by Crippen LogP contribution is 2.19.